The normalized spacial score (nSPS) is 11.6. The fourth-order valence-corrected chi connectivity index (χ4v) is 5.19. The maximum atomic E-state index is 12.7. The summed E-state index contributed by atoms with van der Waals surface area (Å²) < 4.78 is 29.7. The number of aryl methyl sites for hydroxylation is 1. The first kappa shape index (κ1) is 24.2. The molecule has 0 aliphatic rings. The van der Waals surface area contributed by atoms with Gasteiger partial charge in [0.05, 0.1) is 15.4 Å². The molecule has 4 rings (SSSR count). The van der Waals surface area contributed by atoms with Crippen molar-refractivity contribution >= 4 is 55.9 Å². The van der Waals surface area contributed by atoms with E-state index in [4.69, 9.17) is 28.3 Å². The quantitative estimate of drug-likeness (QED) is 0.281. The highest BCUT2D eigenvalue weighted by atomic mass is 35.5. The number of anilines is 2. The highest BCUT2D eigenvalue weighted by Gasteiger charge is 2.20. The lowest BCUT2D eigenvalue weighted by atomic mass is 10.1. The predicted molar refractivity (Wildman–Crippen MR) is 134 cm³/mol. The molecule has 3 N–H and O–H groups in total. The minimum atomic E-state index is -3.92. The standard InChI is InChI=1S/C22H22Cl2N6O3S/c1-30-21-16(13-26-22(27-21)25-11-2-3-12-31)20(28-30)14-7-9-15(10-8-14)29-34(32,33)18-6-4-5-17(23)19(18)24/h4-10,13,29,31H,2-3,11-12H2,1H3,(H,25,26,27). The van der Waals surface area contributed by atoms with E-state index in [1.54, 1.807) is 42.2 Å². The van der Waals surface area contributed by atoms with E-state index in [1.165, 1.54) is 18.2 Å². The third kappa shape index (κ3) is 5.10. The fraction of sp³-hybridized carbons (Fsp3) is 0.227. The third-order valence-corrected chi connectivity index (χ3v) is 7.42. The molecule has 0 fully saturated rings. The van der Waals surface area contributed by atoms with Crippen LogP contribution in [0, 0.1) is 0 Å². The van der Waals surface area contributed by atoms with E-state index in [9.17, 15) is 8.42 Å². The van der Waals surface area contributed by atoms with Crippen molar-refractivity contribution in [1.82, 2.24) is 19.7 Å². The van der Waals surface area contributed by atoms with Crippen molar-refractivity contribution in [3.8, 4) is 11.3 Å². The van der Waals surface area contributed by atoms with E-state index >= 15 is 0 Å². The largest absolute Gasteiger partial charge is 0.396 e. The molecular formula is C22H22Cl2N6O3S. The number of halogens is 2. The van der Waals surface area contributed by atoms with Gasteiger partial charge in [0.25, 0.3) is 10.0 Å². The van der Waals surface area contributed by atoms with Gasteiger partial charge in [-0.15, -0.1) is 0 Å². The number of unbranched alkanes of at least 4 members (excludes halogenated alkanes) is 1. The summed E-state index contributed by atoms with van der Waals surface area (Å²) in [5.74, 6) is 0.490. The molecule has 178 valence electrons. The summed E-state index contributed by atoms with van der Waals surface area (Å²) in [5, 5.41) is 17.5. The fourth-order valence-electron chi connectivity index (χ4n) is 3.37. The van der Waals surface area contributed by atoms with E-state index in [0.717, 1.165) is 17.4 Å². The molecule has 2 aromatic heterocycles. The highest BCUT2D eigenvalue weighted by Crippen LogP contribution is 2.31. The van der Waals surface area contributed by atoms with Crippen LogP contribution in [0.1, 0.15) is 12.8 Å². The van der Waals surface area contributed by atoms with Gasteiger partial charge in [0, 0.05) is 37.6 Å². The summed E-state index contributed by atoms with van der Waals surface area (Å²) >= 11 is 12.0. The van der Waals surface area contributed by atoms with Gasteiger partial charge in [-0.2, -0.15) is 10.1 Å². The van der Waals surface area contributed by atoms with Crippen LogP contribution in [0.3, 0.4) is 0 Å². The summed E-state index contributed by atoms with van der Waals surface area (Å²) in [6, 6.07) is 11.2. The zero-order chi connectivity index (χ0) is 24.3. The number of nitrogens with one attached hydrogen (secondary N) is 2. The lowest BCUT2D eigenvalue weighted by Crippen LogP contribution is -2.13. The van der Waals surface area contributed by atoms with Crippen molar-refractivity contribution in [2.24, 2.45) is 7.05 Å². The van der Waals surface area contributed by atoms with E-state index in [0.29, 0.717) is 35.9 Å². The van der Waals surface area contributed by atoms with E-state index < -0.39 is 10.0 Å². The second-order valence-corrected chi connectivity index (χ2v) is 9.93. The summed E-state index contributed by atoms with van der Waals surface area (Å²) in [4.78, 5) is 8.80. The molecule has 0 aliphatic carbocycles. The van der Waals surface area contributed by atoms with Gasteiger partial charge < -0.3 is 10.4 Å². The van der Waals surface area contributed by atoms with E-state index in [1.807, 2.05) is 0 Å². The van der Waals surface area contributed by atoms with Gasteiger partial charge in [-0.1, -0.05) is 41.4 Å². The van der Waals surface area contributed by atoms with Gasteiger partial charge in [-0.3, -0.25) is 4.72 Å². The van der Waals surface area contributed by atoms with Crippen molar-refractivity contribution in [2.45, 2.75) is 17.7 Å². The first-order chi connectivity index (χ1) is 16.3. The van der Waals surface area contributed by atoms with Gasteiger partial charge in [0.15, 0.2) is 5.65 Å². The average Bonchev–Trinajstić information content (AvgIpc) is 3.14. The van der Waals surface area contributed by atoms with Crippen LogP contribution >= 0.6 is 23.2 Å². The van der Waals surface area contributed by atoms with Crippen molar-refractivity contribution in [2.75, 3.05) is 23.2 Å². The number of rotatable bonds is 9. The molecule has 4 aromatic rings. The molecule has 0 bridgehead atoms. The number of benzene rings is 2. The monoisotopic (exact) mass is 520 g/mol. The lowest BCUT2D eigenvalue weighted by molar-refractivity contribution is 0.286. The van der Waals surface area contributed by atoms with Gasteiger partial charge in [0.1, 0.15) is 10.6 Å². The van der Waals surface area contributed by atoms with E-state index in [2.05, 4.69) is 25.1 Å². The van der Waals surface area contributed by atoms with Crippen LogP contribution < -0.4 is 10.0 Å². The summed E-state index contributed by atoms with van der Waals surface area (Å²) in [6.07, 6.45) is 3.23. The molecule has 0 saturated carbocycles. The van der Waals surface area contributed by atoms with Crippen LogP contribution in [-0.4, -0.2) is 46.4 Å². The molecule has 0 unspecified atom stereocenters. The van der Waals surface area contributed by atoms with Crippen LogP contribution in [0.2, 0.25) is 10.0 Å². The Kier molecular flexibility index (Phi) is 7.22. The van der Waals surface area contributed by atoms with Crippen LogP contribution in [0.4, 0.5) is 11.6 Å². The molecule has 0 saturated heterocycles. The molecule has 0 amide bonds. The summed E-state index contributed by atoms with van der Waals surface area (Å²) in [5.41, 5.74) is 2.49. The Morgan fingerprint density at radius 2 is 1.85 bits per heavy atom. The van der Waals surface area contributed by atoms with Crippen molar-refractivity contribution in [1.29, 1.82) is 0 Å². The first-order valence-electron chi connectivity index (χ1n) is 10.4. The topological polar surface area (TPSA) is 122 Å². The molecule has 0 radical (unpaired) electrons. The molecular weight excluding hydrogens is 499 g/mol. The van der Waals surface area contributed by atoms with Crippen LogP contribution in [0.25, 0.3) is 22.3 Å². The summed E-state index contributed by atoms with van der Waals surface area (Å²) in [6.45, 7) is 0.815. The second-order valence-electron chi connectivity index (χ2n) is 7.50. The molecule has 2 heterocycles. The second kappa shape index (κ2) is 10.1. The van der Waals surface area contributed by atoms with Crippen LogP contribution in [0.15, 0.2) is 53.6 Å². The number of aliphatic hydroxyl groups excluding tert-OH is 1. The number of hydrogen-bond acceptors (Lipinski definition) is 7. The molecule has 12 heteroatoms. The molecule has 34 heavy (non-hydrogen) atoms. The van der Waals surface area contributed by atoms with Crippen molar-refractivity contribution < 1.29 is 13.5 Å². The maximum Gasteiger partial charge on any atom is 0.263 e. The Morgan fingerprint density at radius 3 is 2.59 bits per heavy atom. The number of aliphatic hydroxyl groups is 1. The van der Waals surface area contributed by atoms with Gasteiger partial charge in [-0.05, 0) is 37.1 Å². The number of hydrogen-bond donors (Lipinski definition) is 3. The number of sulfonamides is 1. The molecule has 0 atom stereocenters. The van der Waals surface area contributed by atoms with Crippen molar-refractivity contribution in [3.63, 3.8) is 0 Å². The van der Waals surface area contributed by atoms with E-state index in [-0.39, 0.29) is 21.5 Å². The van der Waals surface area contributed by atoms with Crippen LogP contribution in [-0.2, 0) is 17.1 Å². The number of aromatic nitrogens is 4. The number of fused-ring (bicyclic) bond motifs is 1. The maximum absolute atomic E-state index is 12.7. The van der Waals surface area contributed by atoms with Gasteiger partial charge in [0.2, 0.25) is 5.95 Å². The first-order valence-corrected chi connectivity index (χ1v) is 12.7. The zero-order valence-electron chi connectivity index (χ0n) is 18.2. The van der Waals surface area contributed by atoms with Gasteiger partial charge >= 0.3 is 0 Å². The van der Waals surface area contributed by atoms with Crippen molar-refractivity contribution in [3.05, 3.63) is 58.7 Å². The van der Waals surface area contributed by atoms with Crippen LogP contribution in [0.5, 0.6) is 0 Å². The smallest absolute Gasteiger partial charge is 0.263 e. The minimum Gasteiger partial charge on any atom is -0.396 e. The molecule has 0 aliphatic heterocycles. The highest BCUT2D eigenvalue weighted by molar-refractivity contribution is 7.92. The SMILES string of the molecule is Cn1nc(-c2ccc(NS(=O)(=O)c3cccc(Cl)c3Cl)cc2)c2cnc(NCCCCO)nc21. The minimum absolute atomic E-state index is 0.0319. The third-order valence-electron chi connectivity index (χ3n) is 5.06. The Morgan fingerprint density at radius 1 is 1.09 bits per heavy atom. The Hall–Kier alpha value is -2.92. The molecule has 9 nitrogen and oxygen atoms in total. The zero-order valence-corrected chi connectivity index (χ0v) is 20.5. The average molecular weight is 521 g/mol. The van der Waals surface area contributed by atoms with Gasteiger partial charge in [-0.25, -0.2) is 18.1 Å². The predicted octanol–water partition coefficient (Wildman–Crippen LogP) is 4.32. The summed E-state index contributed by atoms with van der Waals surface area (Å²) in [7, 11) is -2.12. The Bertz CT molecular complexity index is 1420. The Labute approximate surface area is 206 Å². The molecule has 0 spiro atoms. The molecule has 2 aromatic carbocycles. The number of nitrogens with zero attached hydrogens (tertiary/aromatic N) is 4. The Balaban J connectivity index is 1.55. The lowest BCUT2D eigenvalue weighted by Gasteiger charge is -2.10.